The van der Waals surface area contributed by atoms with E-state index in [1.165, 1.54) is 30.6 Å². The van der Waals surface area contributed by atoms with E-state index in [-0.39, 0.29) is 18.6 Å². The monoisotopic (exact) mass is 282 g/mol. The molecule has 2 rings (SSSR count). The number of nitrogens with zero attached hydrogens (tertiary/aromatic N) is 1. The predicted octanol–water partition coefficient (Wildman–Crippen LogP) is 2.32. The molecule has 2 N–H and O–H groups in total. The Labute approximate surface area is 120 Å². The Morgan fingerprint density at radius 1 is 1.25 bits per heavy atom. The molecule has 0 heterocycles. The van der Waals surface area contributed by atoms with E-state index >= 15 is 0 Å². The van der Waals surface area contributed by atoms with Gasteiger partial charge in [-0.15, -0.1) is 0 Å². The van der Waals surface area contributed by atoms with Crippen molar-refractivity contribution in [1.82, 2.24) is 10.2 Å². The highest BCUT2D eigenvalue weighted by molar-refractivity contribution is 5.80. The second kappa shape index (κ2) is 6.46. The first-order chi connectivity index (χ1) is 9.52. The molecule has 0 aromatic carbocycles. The Bertz CT molecular complexity index is 352. The highest BCUT2D eigenvalue weighted by atomic mass is 16.4. The van der Waals surface area contributed by atoms with Crippen molar-refractivity contribution >= 4 is 12.0 Å². The average molecular weight is 282 g/mol. The van der Waals surface area contributed by atoms with Crippen molar-refractivity contribution in [3.8, 4) is 0 Å². The summed E-state index contributed by atoms with van der Waals surface area (Å²) >= 11 is 0. The molecule has 2 aliphatic rings. The molecule has 0 saturated heterocycles. The topological polar surface area (TPSA) is 69.6 Å². The Morgan fingerprint density at radius 3 is 2.20 bits per heavy atom. The van der Waals surface area contributed by atoms with E-state index in [1.54, 1.807) is 0 Å². The summed E-state index contributed by atoms with van der Waals surface area (Å²) in [5, 5.41) is 11.9. The average Bonchev–Trinajstić information content (AvgIpc) is 3.26. The van der Waals surface area contributed by atoms with E-state index in [0.29, 0.717) is 12.5 Å². The van der Waals surface area contributed by atoms with Crippen LogP contribution in [0.2, 0.25) is 0 Å². The molecule has 114 valence electrons. The molecule has 20 heavy (non-hydrogen) atoms. The molecule has 2 amide bonds. The maximum absolute atomic E-state index is 12.2. The van der Waals surface area contributed by atoms with Crippen LogP contribution in [0.1, 0.15) is 46.0 Å². The maximum atomic E-state index is 12.2. The fourth-order valence-electron chi connectivity index (χ4n) is 2.87. The Morgan fingerprint density at radius 2 is 1.80 bits per heavy atom. The molecular formula is C15H26N2O3. The van der Waals surface area contributed by atoms with E-state index in [1.807, 2.05) is 13.8 Å². The fraction of sp³-hybridized carbons (Fsp3) is 0.867. The second-order valence-electron chi connectivity index (χ2n) is 6.30. The van der Waals surface area contributed by atoms with Crippen LogP contribution in [0, 0.1) is 17.8 Å². The maximum Gasteiger partial charge on any atom is 0.323 e. The van der Waals surface area contributed by atoms with Gasteiger partial charge in [-0.05, 0) is 56.8 Å². The van der Waals surface area contributed by atoms with Gasteiger partial charge in [0.1, 0.15) is 6.54 Å². The van der Waals surface area contributed by atoms with E-state index in [0.717, 1.165) is 18.3 Å². The number of carboxylic acid groups (broad SMARTS) is 1. The molecule has 0 aromatic rings. The van der Waals surface area contributed by atoms with E-state index < -0.39 is 5.97 Å². The van der Waals surface area contributed by atoms with Crippen molar-refractivity contribution in [2.75, 3.05) is 13.1 Å². The lowest BCUT2D eigenvalue weighted by atomic mass is 9.98. The van der Waals surface area contributed by atoms with Crippen LogP contribution >= 0.6 is 0 Å². The van der Waals surface area contributed by atoms with Crippen LogP contribution in [0.5, 0.6) is 0 Å². The number of carbonyl (C=O) groups is 2. The molecule has 1 unspecified atom stereocenters. The van der Waals surface area contributed by atoms with E-state index in [9.17, 15) is 9.59 Å². The second-order valence-corrected chi connectivity index (χ2v) is 6.30. The van der Waals surface area contributed by atoms with Gasteiger partial charge < -0.3 is 15.3 Å². The highest BCUT2D eigenvalue weighted by Crippen LogP contribution is 2.48. The summed E-state index contributed by atoms with van der Waals surface area (Å²) in [4.78, 5) is 24.5. The van der Waals surface area contributed by atoms with Gasteiger partial charge >= 0.3 is 12.0 Å². The van der Waals surface area contributed by atoms with Gasteiger partial charge in [0, 0.05) is 12.6 Å². The first-order valence-corrected chi connectivity index (χ1v) is 7.79. The summed E-state index contributed by atoms with van der Waals surface area (Å²) in [5.41, 5.74) is 0. The molecule has 0 spiro atoms. The molecule has 5 nitrogen and oxygen atoms in total. The largest absolute Gasteiger partial charge is 0.480 e. The van der Waals surface area contributed by atoms with Crippen molar-refractivity contribution in [2.45, 2.75) is 52.0 Å². The SMILES string of the molecule is CCC(C)N(CC(=O)O)C(=O)NCC(C1CC1)C1CC1. The zero-order chi connectivity index (χ0) is 14.7. The number of hydrogen-bond acceptors (Lipinski definition) is 2. The third-order valence-corrected chi connectivity index (χ3v) is 4.63. The van der Waals surface area contributed by atoms with Gasteiger partial charge in [-0.3, -0.25) is 4.79 Å². The Hall–Kier alpha value is -1.26. The highest BCUT2D eigenvalue weighted by Gasteiger charge is 2.41. The van der Waals surface area contributed by atoms with Crippen LogP contribution in [0.3, 0.4) is 0 Å². The van der Waals surface area contributed by atoms with Crippen LogP contribution in [-0.2, 0) is 4.79 Å². The number of carboxylic acids is 1. The lowest BCUT2D eigenvalue weighted by Crippen LogP contribution is -2.48. The fourth-order valence-corrected chi connectivity index (χ4v) is 2.87. The Kier molecular flexibility index (Phi) is 4.89. The zero-order valence-electron chi connectivity index (χ0n) is 12.5. The van der Waals surface area contributed by atoms with Crippen molar-refractivity contribution in [2.24, 2.45) is 17.8 Å². The number of aliphatic carboxylic acids is 1. The minimum Gasteiger partial charge on any atom is -0.480 e. The summed E-state index contributed by atoms with van der Waals surface area (Å²) in [6.07, 6.45) is 5.93. The Balaban J connectivity index is 1.84. The predicted molar refractivity (Wildman–Crippen MR) is 76.4 cm³/mol. The molecule has 2 saturated carbocycles. The molecule has 5 heteroatoms. The van der Waals surface area contributed by atoms with Gasteiger partial charge in [0.05, 0.1) is 0 Å². The van der Waals surface area contributed by atoms with Gasteiger partial charge in [0.2, 0.25) is 0 Å². The lowest BCUT2D eigenvalue weighted by molar-refractivity contribution is -0.138. The third-order valence-electron chi connectivity index (χ3n) is 4.63. The van der Waals surface area contributed by atoms with Crippen LogP contribution in [-0.4, -0.2) is 41.1 Å². The van der Waals surface area contributed by atoms with Gasteiger partial charge in [0.15, 0.2) is 0 Å². The quantitative estimate of drug-likeness (QED) is 0.718. The molecule has 0 bridgehead atoms. The van der Waals surface area contributed by atoms with E-state index in [4.69, 9.17) is 5.11 Å². The summed E-state index contributed by atoms with van der Waals surface area (Å²) in [5.74, 6) is 1.24. The molecule has 0 aromatic heterocycles. The lowest BCUT2D eigenvalue weighted by Gasteiger charge is -2.28. The number of rotatable bonds is 8. The number of carbonyl (C=O) groups excluding carboxylic acids is 1. The summed E-state index contributed by atoms with van der Waals surface area (Å²) < 4.78 is 0. The molecule has 0 radical (unpaired) electrons. The van der Waals surface area contributed by atoms with Crippen LogP contribution in [0.4, 0.5) is 4.79 Å². The normalized spacial score (nSPS) is 19.8. The molecule has 1 atom stereocenters. The third kappa shape index (κ3) is 4.12. The molecule has 2 fully saturated rings. The van der Waals surface area contributed by atoms with Crippen molar-refractivity contribution in [3.05, 3.63) is 0 Å². The molecule has 0 aliphatic heterocycles. The minimum absolute atomic E-state index is 0.0496. The van der Waals surface area contributed by atoms with Crippen molar-refractivity contribution in [3.63, 3.8) is 0 Å². The zero-order valence-corrected chi connectivity index (χ0v) is 12.5. The first-order valence-electron chi connectivity index (χ1n) is 7.79. The van der Waals surface area contributed by atoms with Crippen molar-refractivity contribution in [1.29, 1.82) is 0 Å². The summed E-state index contributed by atoms with van der Waals surface area (Å²) in [7, 11) is 0. The van der Waals surface area contributed by atoms with E-state index in [2.05, 4.69) is 5.32 Å². The molecule has 2 aliphatic carbocycles. The van der Waals surface area contributed by atoms with Crippen molar-refractivity contribution < 1.29 is 14.7 Å². The van der Waals surface area contributed by atoms with Crippen LogP contribution < -0.4 is 5.32 Å². The van der Waals surface area contributed by atoms with Crippen LogP contribution in [0.15, 0.2) is 0 Å². The van der Waals surface area contributed by atoms with Crippen LogP contribution in [0.25, 0.3) is 0 Å². The number of urea groups is 1. The van der Waals surface area contributed by atoms with Gasteiger partial charge in [0.25, 0.3) is 0 Å². The van der Waals surface area contributed by atoms with Gasteiger partial charge in [-0.1, -0.05) is 6.92 Å². The first kappa shape index (κ1) is 15.1. The smallest absolute Gasteiger partial charge is 0.323 e. The number of nitrogens with one attached hydrogen (secondary N) is 1. The summed E-state index contributed by atoms with van der Waals surface area (Å²) in [6, 6.07) is -0.278. The molecular weight excluding hydrogens is 256 g/mol. The van der Waals surface area contributed by atoms with Gasteiger partial charge in [-0.25, -0.2) is 4.79 Å². The standard InChI is InChI=1S/C15H26N2O3/c1-3-10(2)17(9-14(18)19)15(20)16-8-13(11-4-5-11)12-6-7-12/h10-13H,3-9H2,1-2H3,(H,16,20)(H,18,19). The minimum atomic E-state index is -0.957. The summed E-state index contributed by atoms with van der Waals surface area (Å²) in [6.45, 7) is 4.34. The number of amides is 2. The van der Waals surface area contributed by atoms with Gasteiger partial charge in [-0.2, -0.15) is 0 Å². The number of hydrogen-bond donors (Lipinski definition) is 2.